The average Bonchev–Trinajstić information content (AvgIpc) is 2.66. The van der Waals surface area contributed by atoms with Gasteiger partial charge in [0.05, 0.1) is 5.52 Å². The summed E-state index contributed by atoms with van der Waals surface area (Å²) in [5, 5.41) is 7.53. The van der Waals surface area contributed by atoms with Crippen LogP contribution in [-0.2, 0) is 0 Å². The number of nitrogens with one attached hydrogen (secondary N) is 2. The molecule has 0 unspecified atom stereocenters. The van der Waals surface area contributed by atoms with Gasteiger partial charge >= 0.3 is 0 Å². The zero-order chi connectivity index (χ0) is 18.8. The van der Waals surface area contributed by atoms with Crippen LogP contribution >= 0.6 is 0 Å². The molecular weight excluding hydrogens is 346 g/mol. The highest BCUT2D eigenvalue weighted by molar-refractivity contribution is 5.91. The average molecular weight is 368 g/mol. The van der Waals surface area contributed by atoms with Crippen molar-refractivity contribution >= 4 is 28.4 Å². The lowest BCUT2D eigenvalue weighted by Gasteiger charge is -2.24. The number of halogens is 2. The summed E-state index contributed by atoms with van der Waals surface area (Å²) in [4.78, 5) is 9.17. The minimum atomic E-state index is -0.906. The maximum atomic E-state index is 13.5. The van der Waals surface area contributed by atoms with Gasteiger partial charge in [0.1, 0.15) is 5.82 Å². The van der Waals surface area contributed by atoms with Crippen LogP contribution in [0.15, 0.2) is 36.4 Å². The predicted octanol–water partition coefficient (Wildman–Crippen LogP) is 5.70. The molecule has 0 spiro atoms. The molecule has 0 atom stereocenters. The van der Waals surface area contributed by atoms with Gasteiger partial charge in [-0.2, -0.15) is 4.98 Å². The minimum Gasteiger partial charge on any atom is -0.367 e. The first kappa shape index (κ1) is 17.6. The van der Waals surface area contributed by atoms with Crippen LogP contribution < -0.4 is 10.6 Å². The van der Waals surface area contributed by atoms with Crippen LogP contribution in [0.1, 0.15) is 37.7 Å². The molecule has 0 aliphatic heterocycles. The molecule has 6 heteroatoms. The van der Waals surface area contributed by atoms with Gasteiger partial charge in [-0.05, 0) is 44.0 Å². The molecule has 0 saturated heterocycles. The molecule has 140 valence electrons. The zero-order valence-corrected chi connectivity index (χ0v) is 15.2. The number of aryl methyl sites for hydroxylation is 1. The first-order chi connectivity index (χ1) is 13.1. The molecule has 1 aromatic heterocycles. The van der Waals surface area contributed by atoms with Crippen LogP contribution in [0.2, 0.25) is 0 Å². The van der Waals surface area contributed by atoms with Crippen molar-refractivity contribution < 1.29 is 8.78 Å². The number of anilines is 3. The molecule has 4 nitrogen and oxygen atoms in total. The van der Waals surface area contributed by atoms with E-state index in [0.29, 0.717) is 17.7 Å². The smallest absolute Gasteiger partial charge is 0.229 e. The molecule has 4 rings (SSSR count). The Morgan fingerprint density at radius 1 is 0.926 bits per heavy atom. The molecule has 2 aromatic carbocycles. The highest BCUT2D eigenvalue weighted by atomic mass is 19.2. The first-order valence-electron chi connectivity index (χ1n) is 9.35. The molecule has 0 amide bonds. The molecular formula is C21H22F2N4. The predicted molar refractivity (Wildman–Crippen MR) is 104 cm³/mol. The molecule has 27 heavy (non-hydrogen) atoms. The minimum absolute atomic E-state index is 0.357. The molecule has 1 aliphatic carbocycles. The van der Waals surface area contributed by atoms with Gasteiger partial charge in [0.25, 0.3) is 0 Å². The molecule has 1 saturated carbocycles. The highest BCUT2D eigenvalue weighted by Gasteiger charge is 2.16. The van der Waals surface area contributed by atoms with E-state index < -0.39 is 11.6 Å². The van der Waals surface area contributed by atoms with E-state index in [1.165, 1.54) is 25.3 Å². The van der Waals surface area contributed by atoms with Crippen molar-refractivity contribution in [3.05, 3.63) is 53.6 Å². The van der Waals surface area contributed by atoms with E-state index in [1.54, 1.807) is 0 Å². The first-order valence-corrected chi connectivity index (χ1v) is 9.35. The Morgan fingerprint density at radius 3 is 2.52 bits per heavy atom. The van der Waals surface area contributed by atoms with Crippen molar-refractivity contribution in [2.75, 3.05) is 10.6 Å². The fourth-order valence-corrected chi connectivity index (χ4v) is 3.55. The van der Waals surface area contributed by atoms with Gasteiger partial charge in [-0.25, -0.2) is 13.8 Å². The normalized spacial score (nSPS) is 15.1. The van der Waals surface area contributed by atoms with Gasteiger partial charge in [0.15, 0.2) is 11.6 Å². The van der Waals surface area contributed by atoms with Gasteiger partial charge in [0, 0.05) is 23.2 Å². The fourth-order valence-electron chi connectivity index (χ4n) is 3.55. The number of hydrogen-bond acceptors (Lipinski definition) is 4. The summed E-state index contributed by atoms with van der Waals surface area (Å²) in [5.41, 5.74) is 2.35. The van der Waals surface area contributed by atoms with Crippen molar-refractivity contribution in [3.63, 3.8) is 0 Å². The van der Waals surface area contributed by atoms with E-state index in [-0.39, 0.29) is 0 Å². The van der Waals surface area contributed by atoms with Crippen molar-refractivity contribution in [1.29, 1.82) is 0 Å². The second-order valence-corrected chi connectivity index (χ2v) is 7.15. The summed E-state index contributed by atoms with van der Waals surface area (Å²) in [7, 11) is 0. The van der Waals surface area contributed by atoms with Gasteiger partial charge in [0.2, 0.25) is 5.95 Å². The van der Waals surface area contributed by atoms with E-state index in [2.05, 4.69) is 26.7 Å². The van der Waals surface area contributed by atoms with Gasteiger partial charge in [-0.15, -0.1) is 0 Å². The van der Waals surface area contributed by atoms with E-state index in [0.717, 1.165) is 47.3 Å². The van der Waals surface area contributed by atoms with Gasteiger partial charge < -0.3 is 10.6 Å². The lowest BCUT2D eigenvalue weighted by atomic mass is 9.95. The van der Waals surface area contributed by atoms with E-state index in [1.807, 2.05) is 19.1 Å². The maximum Gasteiger partial charge on any atom is 0.229 e. The Kier molecular flexibility index (Phi) is 4.88. The summed E-state index contributed by atoms with van der Waals surface area (Å²) in [6.45, 7) is 2.04. The second-order valence-electron chi connectivity index (χ2n) is 7.15. The number of nitrogens with zero attached hydrogens (tertiary/aromatic N) is 2. The summed E-state index contributed by atoms with van der Waals surface area (Å²) in [6, 6.07) is 10.1. The van der Waals surface area contributed by atoms with Crippen LogP contribution in [0.3, 0.4) is 0 Å². The summed E-state index contributed by atoms with van der Waals surface area (Å²) >= 11 is 0. The lowest BCUT2D eigenvalue weighted by Crippen LogP contribution is -2.23. The second kappa shape index (κ2) is 7.47. The Balaban J connectivity index is 1.70. The standard InChI is InChI=1S/C21H22F2N4/c1-13-7-10-19-16(11-13)20(24-14-5-3-2-4-6-14)27-21(26-19)25-15-8-9-17(22)18(23)12-15/h7-12,14H,2-6H2,1H3,(H2,24,25,26,27). The zero-order valence-electron chi connectivity index (χ0n) is 15.2. The van der Waals surface area contributed by atoms with E-state index >= 15 is 0 Å². The molecule has 1 heterocycles. The van der Waals surface area contributed by atoms with Crippen LogP contribution in [0.25, 0.3) is 10.9 Å². The third-order valence-corrected chi connectivity index (χ3v) is 4.97. The van der Waals surface area contributed by atoms with Crippen LogP contribution in [0.5, 0.6) is 0 Å². The lowest BCUT2D eigenvalue weighted by molar-refractivity contribution is 0.462. The number of rotatable bonds is 4. The fraction of sp³-hybridized carbons (Fsp3) is 0.333. The number of hydrogen-bond donors (Lipinski definition) is 2. The third-order valence-electron chi connectivity index (χ3n) is 4.97. The quantitative estimate of drug-likeness (QED) is 0.620. The highest BCUT2D eigenvalue weighted by Crippen LogP contribution is 2.28. The molecule has 0 bridgehead atoms. The monoisotopic (exact) mass is 368 g/mol. The van der Waals surface area contributed by atoms with Crippen LogP contribution in [-0.4, -0.2) is 16.0 Å². The van der Waals surface area contributed by atoms with Crippen molar-refractivity contribution in [3.8, 4) is 0 Å². The van der Waals surface area contributed by atoms with Crippen molar-refractivity contribution in [2.45, 2.75) is 45.1 Å². The molecule has 0 radical (unpaired) electrons. The largest absolute Gasteiger partial charge is 0.367 e. The van der Waals surface area contributed by atoms with E-state index in [4.69, 9.17) is 0 Å². The van der Waals surface area contributed by atoms with Crippen LogP contribution in [0.4, 0.5) is 26.2 Å². The number of aromatic nitrogens is 2. The number of fused-ring (bicyclic) bond motifs is 1. The summed E-state index contributed by atoms with van der Waals surface area (Å²) in [5.74, 6) is -0.650. The van der Waals surface area contributed by atoms with Crippen molar-refractivity contribution in [1.82, 2.24) is 9.97 Å². The maximum absolute atomic E-state index is 13.5. The molecule has 1 aliphatic rings. The Labute approximate surface area is 157 Å². The van der Waals surface area contributed by atoms with E-state index in [9.17, 15) is 8.78 Å². The molecule has 1 fully saturated rings. The topological polar surface area (TPSA) is 49.8 Å². The Bertz CT molecular complexity index is 968. The van der Waals surface area contributed by atoms with Gasteiger partial charge in [-0.1, -0.05) is 30.9 Å². The SMILES string of the molecule is Cc1ccc2nc(Nc3ccc(F)c(F)c3)nc(NC3CCCCC3)c2c1. The summed E-state index contributed by atoms with van der Waals surface area (Å²) < 4.78 is 26.7. The summed E-state index contributed by atoms with van der Waals surface area (Å²) in [6.07, 6.45) is 5.98. The molecule has 2 N–H and O–H groups in total. The molecule has 3 aromatic rings. The third kappa shape index (κ3) is 3.99. The van der Waals surface area contributed by atoms with Crippen molar-refractivity contribution in [2.24, 2.45) is 0 Å². The Morgan fingerprint density at radius 2 is 1.74 bits per heavy atom. The number of benzene rings is 2. The Hall–Kier alpha value is -2.76. The van der Waals surface area contributed by atoms with Crippen LogP contribution in [0, 0.1) is 18.6 Å². The van der Waals surface area contributed by atoms with Gasteiger partial charge in [-0.3, -0.25) is 0 Å².